The lowest BCUT2D eigenvalue weighted by molar-refractivity contribution is 0.0697. The summed E-state index contributed by atoms with van der Waals surface area (Å²) in [7, 11) is 0. The molecule has 0 bridgehead atoms. The van der Waals surface area contributed by atoms with Crippen LogP contribution in [0, 0.1) is 6.92 Å². The Morgan fingerprint density at radius 3 is 2.82 bits per heavy atom. The van der Waals surface area contributed by atoms with Crippen molar-refractivity contribution in [3.8, 4) is 5.75 Å². The summed E-state index contributed by atoms with van der Waals surface area (Å²) in [5.74, 6) is -0.491. The van der Waals surface area contributed by atoms with Crippen molar-refractivity contribution in [3.63, 3.8) is 0 Å². The highest BCUT2D eigenvalue weighted by atomic mass is 79.9. The van der Waals surface area contributed by atoms with E-state index in [0.717, 1.165) is 13.5 Å². The van der Waals surface area contributed by atoms with Gasteiger partial charge in [-0.05, 0) is 41.1 Å². The molecule has 0 radical (unpaired) electrons. The van der Waals surface area contributed by atoms with Gasteiger partial charge in [0.2, 0.25) is 0 Å². The summed E-state index contributed by atoms with van der Waals surface area (Å²) in [4.78, 5) is 13.2. The second-order valence-corrected chi connectivity index (χ2v) is 7.15. The zero-order valence-corrected chi connectivity index (χ0v) is 12.1. The molecule has 0 unspecified atom stereocenters. The van der Waals surface area contributed by atoms with Crippen LogP contribution >= 0.6 is 38.6 Å². The number of carboxylic acid groups (broad SMARTS) is 1. The fourth-order valence-corrected chi connectivity index (χ4v) is 3.52. The fourth-order valence-electron chi connectivity index (χ4n) is 1.33. The molecule has 0 aliphatic rings. The second kappa shape index (κ2) is 5.20. The molecule has 3 nitrogen and oxygen atoms in total. The number of halogens is 1. The SMILES string of the molecule is Cc1cc(OCc2ccc(Br)s2)c(C(=O)O)s1. The van der Waals surface area contributed by atoms with Gasteiger partial charge in [0.05, 0.1) is 3.79 Å². The van der Waals surface area contributed by atoms with Crippen molar-refractivity contribution in [1.82, 2.24) is 0 Å². The predicted octanol–water partition coefficient (Wildman–Crippen LogP) is 4.16. The number of carboxylic acids is 1. The third-order valence-electron chi connectivity index (χ3n) is 2.01. The van der Waals surface area contributed by atoms with Gasteiger partial charge in [-0.15, -0.1) is 22.7 Å². The Hall–Kier alpha value is -0.850. The lowest BCUT2D eigenvalue weighted by Gasteiger charge is -2.02. The first-order chi connectivity index (χ1) is 8.06. The highest BCUT2D eigenvalue weighted by Crippen LogP contribution is 2.30. The van der Waals surface area contributed by atoms with Crippen LogP contribution in [-0.2, 0) is 6.61 Å². The topological polar surface area (TPSA) is 46.5 Å². The minimum Gasteiger partial charge on any atom is -0.486 e. The maximum absolute atomic E-state index is 11.0. The molecule has 90 valence electrons. The average molecular weight is 333 g/mol. The smallest absolute Gasteiger partial charge is 0.349 e. The van der Waals surface area contributed by atoms with Gasteiger partial charge in [-0.25, -0.2) is 4.79 Å². The highest BCUT2D eigenvalue weighted by molar-refractivity contribution is 9.11. The van der Waals surface area contributed by atoms with E-state index in [2.05, 4.69) is 15.9 Å². The van der Waals surface area contributed by atoms with Gasteiger partial charge < -0.3 is 9.84 Å². The maximum atomic E-state index is 11.0. The van der Waals surface area contributed by atoms with Crippen molar-refractivity contribution in [2.45, 2.75) is 13.5 Å². The van der Waals surface area contributed by atoms with E-state index in [9.17, 15) is 4.79 Å². The van der Waals surface area contributed by atoms with Gasteiger partial charge in [-0.3, -0.25) is 0 Å². The summed E-state index contributed by atoms with van der Waals surface area (Å²) < 4.78 is 6.58. The molecule has 2 rings (SSSR count). The first-order valence-electron chi connectivity index (χ1n) is 4.77. The van der Waals surface area contributed by atoms with Gasteiger partial charge in [0, 0.05) is 9.75 Å². The van der Waals surface area contributed by atoms with Crippen LogP contribution in [0.4, 0.5) is 0 Å². The van der Waals surface area contributed by atoms with E-state index >= 15 is 0 Å². The van der Waals surface area contributed by atoms with Crippen LogP contribution in [0.1, 0.15) is 19.4 Å². The number of hydrogen-bond donors (Lipinski definition) is 1. The van der Waals surface area contributed by atoms with Gasteiger partial charge in [-0.2, -0.15) is 0 Å². The Morgan fingerprint density at radius 2 is 2.24 bits per heavy atom. The van der Waals surface area contributed by atoms with Crippen molar-refractivity contribution in [1.29, 1.82) is 0 Å². The summed E-state index contributed by atoms with van der Waals surface area (Å²) in [5.41, 5.74) is 0. The van der Waals surface area contributed by atoms with Crippen molar-refractivity contribution >= 4 is 44.6 Å². The molecule has 2 aromatic heterocycles. The molecule has 1 N–H and O–H groups in total. The number of thiophene rings is 2. The van der Waals surface area contributed by atoms with Crippen LogP contribution in [-0.4, -0.2) is 11.1 Å². The van der Waals surface area contributed by atoms with E-state index in [4.69, 9.17) is 9.84 Å². The highest BCUT2D eigenvalue weighted by Gasteiger charge is 2.15. The Labute approximate surface area is 115 Å². The first-order valence-corrected chi connectivity index (χ1v) is 7.19. The third kappa shape index (κ3) is 3.08. The summed E-state index contributed by atoms with van der Waals surface area (Å²) in [5, 5.41) is 9.01. The molecule has 0 aliphatic heterocycles. The standard InChI is InChI=1S/C11H9BrO3S2/c1-6-4-8(10(16-6)11(13)14)15-5-7-2-3-9(12)17-7/h2-4H,5H2,1H3,(H,13,14). The number of ether oxygens (including phenoxy) is 1. The largest absolute Gasteiger partial charge is 0.486 e. The molecule has 17 heavy (non-hydrogen) atoms. The number of aromatic carboxylic acids is 1. The van der Waals surface area contributed by atoms with Gasteiger partial charge >= 0.3 is 5.97 Å². The summed E-state index contributed by atoms with van der Waals surface area (Å²) in [6.07, 6.45) is 0. The fraction of sp³-hybridized carbons (Fsp3) is 0.182. The molecular weight excluding hydrogens is 324 g/mol. The molecule has 2 aromatic rings. The molecule has 0 saturated carbocycles. The minimum atomic E-state index is -0.939. The molecule has 0 saturated heterocycles. The Kier molecular flexibility index (Phi) is 3.86. The van der Waals surface area contributed by atoms with E-state index in [1.807, 2.05) is 19.1 Å². The van der Waals surface area contributed by atoms with Crippen LogP contribution in [0.15, 0.2) is 22.0 Å². The van der Waals surface area contributed by atoms with Crippen LogP contribution in [0.25, 0.3) is 0 Å². The van der Waals surface area contributed by atoms with Crippen molar-refractivity contribution in [2.75, 3.05) is 0 Å². The van der Waals surface area contributed by atoms with Crippen LogP contribution in [0.3, 0.4) is 0 Å². The van der Waals surface area contributed by atoms with E-state index < -0.39 is 5.97 Å². The van der Waals surface area contributed by atoms with Gasteiger partial charge in [0.25, 0.3) is 0 Å². The van der Waals surface area contributed by atoms with E-state index in [1.165, 1.54) is 11.3 Å². The Morgan fingerprint density at radius 1 is 1.47 bits per heavy atom. The van der Waals surface area contributed by atoms with E-state index in [-0.39, 0.29) is 4.88 Å². The minimum absolute atomic E-state index is 0.262. The lowest BCUT2D eigenvalue weighted by Crippen LogP contribution is -1.98. The van der Waals surface area contributed by atoms with Crippen molar-refractivity contribution < 1.29 is 14.6 Å². The lowest BCUT2D eigenvalue weighted by atomic mass is 10.4. The van der Waals surface area contributed by atoms with Crippen LogP contribution < -0.4 is 4.74 Å². The normalized spacial score (nSPS) is 10.5. The molecule has 0 amide bonds. The van der Waals surface area contributed by atoms with Gasteiger partial charge in [-0.1, -0.05) is 0 Å². The third-order valence-corrected chi connectivity index (χ3v) is 4.63. The second-order valence-electron chi connectivity index (χ2n) is 3.35. The molecule has 0 aromatic carbocycles. The Bertz CT molecular complexity index is 545. The molecule has 0 aliphatic carbocycles. The molecule has 0 fully saturated rings. The van der Waals surface area contributed by atoms with Crippen LogP contribution in [0.2, 0.25) is 0 Å². The molecule has 0 spiro atoms. The zero-order chi connectivity index (χ0) is 12.4. The van der Waals surface area contributed by atoms with E-state index in [1.54, 1.807) is 17.4 Å². The molecule has 6 heteroatoms. The quantitative estimate of drug-likeness (QED) is 0.914. The van der Waals surface area contributed by atoms with Gasteiger partial charge in [0.1, 0.15) is 12.4 Å². The number of hydrogen-bond acceptors (Lipinski definition) is 4. The summed E-state index contributed by atoms with van der Waals surface area (Å²) in [6.45, 7) is 2.26. The monoisotopic (exact) mass is 332 g/mol. The van der Waals surface area contributed by atoms with Crippen LogP contribution in [0.5, 0.6) is 5.75 Å². The van der Waals surface area contributed by atoms with E-state index in [0.29, 0.717) is 12.4 Å². The number of aryl methyl sites for hydroxylation is 1. The molecule has 2 heterocycles. The first kappa shape index (κ1) is 12.6. The summed E-state index contributed by atoms with van der Waals surface area (Å²) in [6, 6.07) is 5.66. The van der Waals surface area contributed by atoms with Crippen molar-refractivity contribution in [2.24, 2.45) is 0 Å². The number of rotatable bonds is 4. The maximum Gasteiger partial charge on any atom is 0.349 e. The van der Waals surface area contributed by atoms with Crippen molar-refractivity contribution in [3.05, 3.63) is 36.6 Å². The van der Waals surface area contributed by atoms with Gasteiger partial charge in [0.15, 0.2) is 4.88 Å². The molecule has 0 atom stereocenters. The predicted molar refractivity (Wildman–Crippen MR) is 72.4 cm³/mol. The average Bonchev–Trinajstić information content (AvgIpc) is 2.82. The Balaban J connectivity index is 2.11. The molecular formula is C11H9BrO3S2. The zero-order valence-electron chi connectivity index (χ0n) is 8.90. The summed E-state index contributed by atoms with van der Waals surface area (Å²) >= 11 is 6.18. The number of carbonyl (C=O) groups is 1.